The third-order valence-electron chi connectivity index (χ3n) is 3.34. The molecule has 17 heavy (non-hydrogen) atoms. The van der Waals surface area contributed by atoms with Gasteiger partial charge >= 0.3 is 0 Å². The van der Waals surface area contributed by atoms with Gasteiger partial charge in [-0.2, -0.15) is 0 Å². The van der Waals surface area contributed by atoms with E-state index in [1.54, 1.807) is 0 Å². The van der Waals surface area contributed by atoms with Crippen molar-refractivity contribution in [2.75, 3.05) is 13.1 Å². The number of aliphatic hydroxyl groups excluding tert-OH is 2. The van der Waals surface area contributed by atoms with Crippen LogP contribution in [0.1, 0.15) is 11.1 Å². The molecule has 1 aliphatic rings. The van der Waals surface area contributed by atoms with E-state index in [0.717, 1.165) is 6.54 Å². The first-order chi connectivity index (χ1) is 8.18. The minimum absolute atomic E-state index is 0.0611. The fourth-order valence-corrected chi connectivity index (χ4v) is 2.15. The van der Waals surface area contributed by atoms with Gasteiger partial charge in [0.25, 0.3) is 0 Å². The van der Waals surface area contributed by atoms with Crippen LogP contribution in [0.15, 0.2) is 24.3 Å². The van der Waals surface area contributed by atoms with Gasteiger partial charge in [0.1, 0.15) is 0 Å². The van der Waals surface area contributed by atoms with Crippen molar-refractivity contribution in [3.05, 3.63) is 35.4 Å². The topological polar surface area (TPSA) is 64.5 Å². The summed E-state index contributed by atoms with van der Waals surface area (Å²) in [7, 11) is 0. The molecule has 0 aromatic heterocycles. The van der Waals surface area contributed by atoms with E-state index in [-0.39, 0.29) is 6.04 Å². The van der Waals surface area contributed by atoms with Crippen LogP contribution in [-0.4, -0.2) is 41.6 Å². The van der Waals surface area contributed by atoms with Crippen molar-refractivity contribution in [2.24, 2.45) is 0 Å². The van der Waals surface area contributed by atoms with Crippen LogP contribution < -0.4 is 10.6 Å². The first kappa shape index (κ1) is 12.5. The highest BCUT2D eigenvalue weighted by atomic mass is 16.3. The first-order valence-electron chi connectivity index (χ1n) is 6.03. The molecule has 2 rings (SSSR count). The van der Waals surface area contributed by atoms with Crippen molar-refractivity contribution in [3.8, 4) is 0 Å². The van der Waals surface area contributed by atoms with Crippen molar-refractivity contribution >= 4 is 0 Å². The molecule has 0 unspecified atom stereocenters. The highest BCUT2D eigenvalue weighted by Gasteiger charge is 2.32. The lowest BCUT2D eigenvalue weighted by Gasteiger charge is -2.17. The Balaban J connectivity index is 1.79. The average Bonchev–Trinajstić information content (AvgIpc) is 2.63. The second kappa shape index (κ2) is 5.60. The summed E-state index contributed by atoms with van der Waals surface area (Å²) in [4.78, 5) is 0. The molecule has 0 amide bonds. The maximum absolute atomic E-state index is 9.66. The van der Waals surface area contributed by atoms with Gasteiger partial charge in [-0.15, -0.1) is 0 Å². The van der Waals surface area contributed by atoms with E-state index < -0.39 is 12.2 Å². The lowest BCUT2D eigenvalue weighted by atomic mass is 10.1. The van der Waals surface area contributed by atoms with Gasteiger partial charge < -0.3 is 20.8 Å². The van der Waals surface area contributed by atoms with Gasteiger partial charge in [-0.1, -0.05) is 24.3 Å². The zero-order chi connectivity index (χ0) is 12.3. The summed E-state index contributed by atoms with van der Waals surface area (Å²) < 4.78 is 0. The largest absolute Gasteiger partial charge is 0.389 e. The van der Waals surface area contributed by atoms with Gasteiger partial charge in [0.05, 0.1) is 12.2 Å². The molecule has 0 bridgehead atoms. The number of rotatable bonds is 4. The number of nitrogens with one attached hydrogen (secondary N) is 2. The Morgan fingerprint density at radius 3 is 2.76 bits per heavy atom. The molecule has 1 fully saturated rings. The number of β-amino-alcohol motifs (C(OH)–C–C–N with tert-alkyl or cyclic N) is 1. The molecule has 4 heteroatoms. The smallest absolute Gasteiger partial charge is 0.0976 e. The molecule has 0 radical (unpaired) electrons. The summed E-state index contributed by atoms with van der Waals surface area (Å²) >= 11 is 0. The van der Waals surface area contributed by atoms with Crippen LogP contribution in [0.3, 0.4) is 0 Å². The van der Waals surface area contributed by atoms with Gasteiger partial charge in [0.2, 0.25) is 0 Å². The first-order valence-corrected chi connectivity index (χ1v) is 6.03. The van der Waals surface area contributed by atoms with Crippen LogP contribution in [-0.2, 0) is 6.54 Å². The predicted octanol–water partition coefficient (Wildman–Crippen LogP) is -0.222. The summed E-state index contributed by atoms with van der Waals surface area (Å²) in [6.45, 7) is 4.00. The van der Waals surface area contributed by atoms with Gasteiger partial charge in [-0.3, -0.25) is 0 Å². The van der Waals surface area contributed by atoms with Gasteiger partial charge in [0.15, 0.2) is 0 Å². The minimum atomic E-state index is -0.667. The van der Waals surface area contributed by atoms with Crippen molar-refractivity contribution in [1.82, 2.24) is 10.6 Å². The molecular weight excluding hydrogens is 216 g/mol. The number of benzene rings is 1. The Morgan fingerprint density at radius 1 is 1.35 bits per heavy atom. The maximum Gasteiger partial charge on any atom is 0.0976 e. The number of hydrogen-bond acceptors (Lipinski definition) is 4. The van der Waals surface area contributed by atoms with Crippen LogP contribution >= 0.6 is 0 Å². The number of hydrogen-bond donors (Lipinski definition) is 4. The van der Waals surface area contributed by atoms with E-state index in [4.69, 9.17) is 0 Å². The second-order valence-corrected chi connectivity index (χ2v) is 4.63. The molecule has 1 heterocycles. The van der Waals surface area contributed by atoms with E-state index >= 15 is 0 Å². The lowest BCUT2D eigenvalue weighted by molar-refractivity contribution is 0.0407. The zero-order valence-electron chi connectivity index (χ0n) is 10.1. The molecule has 4 nitrogen and oxygen atoms in total. The van der Waals surface area contributed by atoms with Crippen molar-refractivity contribution in [1.29, 1.82) is 0 Å². The highest BCUT2D eigenvalue weighted by molar-refractivity contribution is 5.25. The number of aliphatic hydroxyl groups is 2. The second-order valence-electron chi connectivity index (χ2n) is 4.63. The van der Waals surface area contributed by atoms with Crippen molar-refractivity contribution < 1.29 is 10.2 Å². The summed E-state index contributed by atoms with van der Waals surface area (Å²) in [5.41, 5.74) is 2.53. The highest BCUT2D eigenvalue weighted by Crippen LogP contribution is 2.08. The Bertz CT molecular complexity index is 370. The number of aryl methyl sites for hydroxylation is 1. The Hall–Kier alpha value is -0.940. The van der Waals surface area contributed by atoms with E-state index in [0.29, 0.717) is 13.1 Å². The predicted molar refractivity (Wildman–Crippen MR) is 66.7 cm³/mol. The Kier molecular flexibility index (Phi) is 4.12. The van der Waals surface area contributed by atoms with Crippen LogP contribution in [0.4, 0.5) is 0 Å². The monoisotopic (exact) mass is 236 g/mol. The molecule has 4 N–H and O–H groups in total. The Labute approximate surface area is 102 Å². The summed E-state index contributed by atoms with van der Waals surface area (Å²) in [5.74, 6) is 0. The van der Waals surface area contributed by atoms with E-state index in [1.165, 1.54) is 11.1 Å². The molecule has 1 aromatic carbocycles. The lowest BCUT2D eigenvalue weighted by Crippen LogP contribution is -2.41. The average molecular weight is 236 g/mol. The summed E-state index contributed by atoms with van der Waals surface area (Å²) in [6.07, 6.45) is -1.31. The maximum atomic E-state index is 9.66. The SMILES string of the molecule is Cc1ccccc1CNC[C@H]1NC[C@H](O)[C@@H]1O. The van der Waals surface area contributed by atoms with E-state index in [9.17, 15) is 10.2 Å². The minimum Gasteiger partial charge on any atom is -0.389 e. The van der Waals surface area contributed by atoms with E-state index in [1.807, 2.05) is 12.1 Å². The third kappa shape index (κ3) is 3.04. The van der Waals surface area contributed by atoms with Crippen molar-refractivity contribution in [2.45, 2.75) is 31.7 Å². The fraction of sp³-hybridized carbons (Fsp3) is 0.538. The molecule has 1 saturated heterocycles. The summed E-state index contributed by atoms with van der Waals surface area (Å²) in [5, 5.41) is 25.4. The van der Waals surface area contributed by atoms with Crippen LogP contribution in [0.5, 0.6) is 0 Å². The molecule has 1 aliphatic heterocycles. The molecule has 0 spiro atoms. The van der Waals surface area contributed by atoms with Gasteiger partial charge in [-0.25, -0.2) is 0 Å². The van der Waals surface area contributed by atoms with Crippen molar-refractivity contribution in [3.63, 3.8) is 0 Å². The molecule has 0 aliphatic carbocycles. The molecular formula is C13H20N2O2. The summed E-state index contributed by atoms with van der Waals surface area (Å²) in [6, 6.07) is 8.17. The standard InChI is InChI=1S/C13H20N2O2/c1-9-4-2-3-5-10(9)6-14-7-11-13(17)12(16)8-15-11/h2-5,11-17H,6-8H2,1H3/t11-,12+,13-/m1/s1. The Morgan fingerprint density at radius 2 is 2.12 bits per heavy atom. The quantitative estimate of drug-likeness (QED) is 0.583. The van der Waals surface area contributed by atoms with Gasteiger partial charge in [-0.05, 0) is 18.1 Å². The third-order valence-corrected chi connectivity index (χ3v) is 3.34. The molecule has 94 valence electrons. The van der Waals surface area contributed by atoms with Crippen LogP contribution in [0.25, 0.3) is 0 Å². The van der Waals surface area contributed by atoms with Crippen LogP contribution in [0.2, 0.25) is 0 Å². The molecule has 3 atom stereocenters. The molecule has 0 saturated carbocycles. The van der Waals surface area contributed by atoms with Crippen LogP contribution in [0, 0.1) is 6.92 Å². The van der Waals surface area contributed by atoms with Gasteiger partial charge in [0, 0.05) is 25.7 Å². The fourth-order valence-electron chi connectivity index (χ4n) is 2.15. The zero-order valence-corrected chi connectivity index (χ0v) is 10.1. The molecule has 1 aromatic rings. The van der Waals surface area contributed by atoms with E-state index in [2.05, 4.69) is 29.7 Å². The normalized spacial score (nSPS) is 28.5.